The van der Waals surface area contributed by atoms with E-state index in [0.717, 1.165) is 4.47 Å². The lowest BCUT2D eigenvalue weighted by Gasteiger charge is -2.14. The van der Waals surface area contributed by atoms with E-state index in [4.69, 9.17) is 21.8 Å². The molecule has 0 bridgehead atoms. The van der Waals surface area contributed by atoms with Crippen molar-refractivity contribution in [3.63, 3.8) is 0 Å². The summed E-state index contributed by atoms with van der Waals surface area (Å²) in [5.74, 6) is -2.94. The van der Waals surface area contributed by atoms with Crippen LogP contribution in [0.4, 0.5) is 5.69 Å². The lowest BCUT2D eigenvalue weighted by Crippen LogP contribution is -2.27. The number of carbonyl (C=O) groups excluding carboxylic acids is 2. The summed E-state index contributed by atoms with van der Waals surface area (Å²) in [5.41, 5.74) is 1.25. The highest BCUT2D eigenvalue weighted by atomic mass is 79.9. The molecule has 0 atom stereocenters. The number of hydrogen-bond acceptors (Lipinski definition) is 5. The molecule has 8 nitrogen and oxygen atoms in total. The summed E-state index contributed by atoms with van der Waals surface area (Å²) in [4.78, 5) is 45.6. The summed E-state index contributed by atoms with van der Waals surface area (Å²) in [5, 5.41) is 18.8. The number of aliphatic carboxylic acids is 2. The normalized spacial score (nSPS) is 10.4. The number of likely N-dealkylation sites (N-methyl/N-ethyl adjacent to an activating group) is 1. The number of carboxylic acid groups (broad SMARTS) is 2. The molecule has 1 amide bonds. The Labute approximate surface area is 192 Å². The molecule has 2 aromatic rings. The van der Waals surface area contributed by atoms with Crippen LogP contribution < -0.4 is 5.32 Å². The summed E-state index contributed by atoms with van der Waals surface area (Å²) < 4.78 is 0.749. The van der Waals surface area contributed by atoms with Crippen LogP contribution in [0.1, 0.15) is 15.9 Å². The van der Waals surface area contributed by atoms with Crippen LogP contribution in [0.5, 0.6) is 0 Å². The zero-order chi connectivity index (χ0) is 23.6. The molecule has 0 unspecified atom stereocenters. The Morgan fingerprint density at radius 3 is 2.10 bits per heavy atom. The predicted octanol–water partition coefficient (Wildman–Crippen LogP) is 3.55. The van der Waals surface area contributed by atoms with Gasteiger partial charge in [0.25, 0.3) is 0 Å². The van der Waals surface area contributed by atoms with Gasteiger partial charge in [0.2, 0.25) is 5.91 Å². The van der Waals surface area contributed by atoms with Crippen LogP contribution >= 0.6 is 27.5 Å². The SMILES string of the molecule is CN(C)CC(=O)Nc1ccc(Br)cc1C(=O)c1ccccc1Cl.O=C(O)C=CC(=O)O. The smallest absolute Gasteiger partial charge is 0.328 e. The Hall–Kier alpha value is -3.01. The molecular formula is C21H20BrClN2O6. The van der Waals surface area contributed by atoms with Gasteiger partial charge in [0.05, 0.1) is 17.3 Å². The molecule has 0 aliphatic rings. The highest BCUT2D eigenvalue weighted by Crippen LogP contribution is 2.26. The molecule has 0 aliphatic carbocycles. The Bertz CT molecular complexity index is 991. The van der Waals surface area contributed by atoms with Crippen LogP contribution in [0.3, 0.4) is 0 Å². The molecular weight excluding hydrogens is 492 g/mol. The van der Waals surface area contributed by atoms with E-state index in [9.17, 15) is 19.2 Å². The van der Waals surface area contributed by atoms with Gasteiger partial charge < -0.3 is 20.4 Å². The van der Waals surface area contributed by atoms with Gasteiger partial charge in [-0.05, 0) is 44.4 Å². The van der Waals surface area contributed by atoms with Crippen LogP contribution in [-0.2, 0) is 14.4 Å². The quantitative estimate of drug-likeness (QED) is 0.384. The van der Waals surface area contributed by atoms with E-state index in [2.05, 4.69) is 21.2 Å². The number of hydrogen-bond donors (Lipinski definition) is 3. The average Bonchev–Trinajstić information content (AvgIpc) is 2.67. The maximum absolute atomic E-state index is 12.8. The molecule has 2 aromatic carbocycles. The minimum absolute atomic E-state index is 0.189. The van der Waals surface area contributed by atoms with Gasteiger partial charge in [-0.3, -0.25) is 9.59 Å². The van der Waals surface area contributed by atoms with Crippen LogP contribution in [0.15, 0.2) is 59.1 Å². The third-order valence-corrected chi connectivity index (χ3v) is 4.27. The zero-order valence-corrected chi connectivity index (χ0v) is 19.0. The number of amides is 1. The summed E-state index contributed by atoms with van der Waals surface area (Å²) >= 11 is 9.47. The molecule has 164 valence electrons. The van der Waals surface area contributed by atoms with E-state index in [-0.39, 0.29) is 18.2 Å². The molecule has 0 spiro atoms. The van der Waals surface area contributed by atoms with Gasteiger partial charge in [-0.1, -0.05) is 39.7 Å². The molecule has 3 N–H and O–H groups in total. The first-order chi connectivity index (χ1) is 14.5. The summed E-state index contributed by atoms with van der Waals surface area (Å²) in [6.45, 7) is 0.232. The molecule has 10 heteroatoms. The van der Waals surface area contributed by atoms with Gasteiger partial charge in [-0.25, -0.2) is 9.59 Å². The number of rotatable bonds is 7. The van der Waals surface area contributed by atoms with E-state index in [1.807, 2.05) is 0 Å². The topological polar surface area (TPSA) is 124 Å². The van der Waals surface area contributed by atoms with Crippen molar-refractivity contribution < 1.29 is 29.4 Å². The number of halogens is 2. The maximum Gasteiger partial charge on any atom is 0.328 e. The van der Waals surface area contributed by atoms with Crippen molar-refractivity contribution in [1.29, 1.82) is 0 Å². The second-order valence-corrected chi connectivity index (χ2v) is 7.62. The lowest BCUT2D eigenvalue weighted by molar-refractivity contribution is -0.134. The van der Waals surface area contributed by atoms with Gasteiger partial charge >= 0.3 is 11.9 Å². The average molecular weight is 512 g/mol. The first-order valence-corrected chi connectivity index (χ1v) is 9.85. The van der Waals surface area contributed by atoms with Gasteiger partial charge in [-0.15, -0.1) is 0 Å². The highest BCUT2D eigenvalue weighted by Gasteiger charge is 2.18. The fourth-order valence-corrected chi connectivity index (χ4v) is 2.81. The first kappa shape index (κ1) is 26.0. The standard InChI is InChI=1S/C17H16BrClN2O2.C4H4O4/c1-21(2)10-16(22)20-15-8-7-11(18)9-13(15)17(23)12-5-3-4-6-14(12)19;5-3(6)1-2-4(7)8/h3-9H,10H2,1-2H3,(H,20,22);1-2H,(H,5,6)(H,7,8). The van der Waals surface area contributed by atoms with E-state index in [1.165, 1.54) is 0 Å². The largest absolute Gasteiger partial charge is 0.478 e. The number of carbonyl (C=O) groups is 4. The summed E-state index contributed by atoms with van der Waals surface area (Å²) in [7, 11) is 3.61. The van der Waals surface area contributed by atoms with E-state index in [1.54, 1.807) is 61.5 Å². The van der Waals surface area contributed by atoms with Crippen molar-refractivity contribution in [2.45, 2.75) is 0 Å². The predicted molar refractivity (Wildman–Crippen MR) is 121 cm³/mol. The second kappa shape index (κ2) is 12.6. The van der Waals surface area contributed by atoms with E-state index >= 15 is 0 Å². The van der Waals surface area contributed by atoms with Crippen molar-refractivity contribution in [2.75, 3.05) is 26.0 Å². The van der Waals surface area contributed by atoms with Crippen molar-refractivity contribution in [3.05, 3.63) is 75.2 Å². The summed E-state index contributed by atoms with van der Waals surface area (Å²) in [6.07, 6.45) is 1.12. The molecule has 0 aromatic heterocycles. The molecule has 0 heterocycles. The Morgan fingerprint density at radius 1 is 1.00 bits per heavy atom. The Kier molecular flexibility index (Phi) is 10.6. The number of benzene rings is 2. The van der Waals surface area contributed by atoms with Crippen LogP contribution in [0.2, 0.25) is 5.02 Å². The number of nitrogens with zero attached hydrogens (tertiary/aromatic N) is 1. The zero-order valence-electron chi connectivity index (χ0n) is 16.6. The minimum atomic E-state index is -1.26. The van der Waals surface area contributed by atoms with Crippen LogP contribution in [0, 0.1) is 0 Å². The van der Waals surface area contributed by atoms with Crippen LogP contribution in [0.25, 0.3) is 0 Å². The fourth-order valence-electron chi connectivity index (χ4n) is 2.22. The fraction of sp³-hybridized carbons (Fsp3) is 0.143. The number of anilines is 1. The first-order valence-electron chi connectivity index (χ1n) is 8.68. The van der Waals surface area contributed by atoms with Crippen molar-refractivity contribution >= 4 is 56.8 Å². The maximum atomic E-state index is 12.8. The van der Waals surface area contributed by atoms with Crippen molar-refractivity contribution in [1.82, 2.24) is 4.90 Å². The van der Waals surface area contributed by atoms with Crippen molar-refractivity contribution in [3.8, 4) is 0 Å². The monoisotopic (exact) mass is 510 g/mol. The number of ketones is 1. The van der Waals surface area contributed by atoms with E-state index in [0.29, 0.717) is 34.0 Å². The molecule has 31 heavy (non-hydrogen) atoms. The van der Waals surface area contributed by atoms with E-state index < -0.39 is 11.9 Å². The van der Waals surface area contributed by atoms with Gasteiger partial charge in [0.1, 0.15) is 0 Å². The Morgan fingerprint density at radius 2 is 1.58 bits per heavy atom. The molecule has 2 rings (SSSR count). The molecule has 0 saturated heterocycles. The third kappa shape index (κ3) is 9.56. The number of nitrogens with one attached hydrogen (secondary N) is 1. The highest BCUT2D eigenvalue weighted by molar-refractivity contribution is 9.10. The molecule has 0 fully saturated rings. The second-order valence-electron chi connectivity index (χ2n) is 6.29. The molecule has 0 saturated carbocycles. The van der Waals surface area contributed by atoms with Gasteiger partial charge in [0, 0.05) is 27.8 Å². The minimum Gasteiger partial charge on any atom is -0.478 e. The third-order valence-electron chi connectivity index (χ3n) is 3.45. The van der Waals surface area contributed by atoms with Crippen molar-refractivity contribution in [2.24, 2.45) is 0 Å². The van der Waals surface area contributed by atoms with Crippen LogP contribution in [-0.4, -0.2) is 59.4 Å². The number of carboxylic acids is 2. The lowest BCUT2D eigenvalue weighted by atomic mass is 10.0. The molecule has 0 radical (unpaired) electrons. The molecule has 0 aliphatic heterocycles. The summed E-state index contributed by atoms with van der Waals surface area (Å²) in [6, 6.07) is 12.0. The van der Waals surface area contributed by atoms with Gasteiger partial charge in [0.15, 0.2) is 5.78 Å². The van der Waals surface area contributed by atoms with Gasteiger partial charge in [-0.2, -0.15) is 0 Å². The Balaban J connectivity index is 0.000000512.